The fraction of sp³-hybridized carbons (Fsp3) is 0.375. The summed E-state index contributed by atoms with van der Waals surface area (Å²) in [7, 11) is 8.42. The number of ether oxygens (including phenoxy) is 1. The van der Waals surface area contributed by atoms with Gasteiger partial charge in [-0.3, -0.25) is 0 Å². The molecule has 0 unspecified atom stereocenters. The average Bonchev–Trinajstić information content (AvgIpc) is 3.18. The lowest BCUT2D eigenvalue weighted by Gasteiger charge is -2.39. The summed E-state index contributed by atoms with van der Waals surface area (Å²) in [4.78, 5) is 6.94. The lowest BCUT2D eigenvalue weighted by Crippen LogP contribution is -2.30. The molecule has 0 radical (unpaired) electrons. The first-order valence-electron chi connectivity index (χ1n) is 12.3. The topological polar surface area (TPSA) is 27.8 Å². The van der Waals surface area contributed by atoms with E-state index in [1.807, 2.05) is 0 Å². The highest BCUT2D eigenvalue weighted by Crippen LogP contribution is 2.50. The van der Waals surface area contributed by atoms with E-state index in [4.69, 9.17) is 9.73 Å². The van der Waals surface area contributed by atoms with Gasteiger partial charge in [0.2, 0.25) is 5.90 Å². The van der Waals surface area contributed by atoms with E-state index >= 15 is 0 Å². The molecule has 0 N–H and O–H groups in total. The number of hydrogen-bond donors (Lipinski definition) is 0. The summed E-state index contributed by atoms with van der Waals surface area (Å²) in [5.74, 6) is 0.739. The maximum atomic E-state index is 5.88. The SMILES string of the molecule is C.CN(C)c1ccc2c(c1)C(C)(C)C1=CC(=[N+](C)C)C=CC1=C2c1ccc(C2=NC(C)(C)CO2)cc1. The Bertz CT molecular complexity index is 1360. The van der Waals surface area contributed by atoms with Crippen molar-refractivity contribution >= 4 is 22.9 Å². The molecule has 4 nitrogen and oxygen atoms in total. The molecule has 0 atom stereocenters. The standard InChI is InChI=1S/C31H36N3O.CH4/c1-30(2)19-35-29(32-30)21-11-9-20(10-12-21)28-24-15-13-22(33(5)6)17-26(24)31(3,4)27-18-23(34(7)8)14-16-25(27)28;/h9-18H,19H2,1-8H3;1H4/q+1;. The Morgan fingerprint density at radius 1 is 0.917 bits per heavy atom. The van der Waals surface area contributed by atoms with E-state index in [2.05, 4.69) is 126 Å². The molecular weight excluding hydrogens is 442 g/mol. The largest absolute Gasteiger partial charge is 0.475 e. The zero-order valence-corrected chi connectivity index (χ0v) is 22.2. The van der Waals surface area contributed by atoms with Gasteiger partial charge in [-0.2, -0.15) is 0 Å². The predicted molar refractivity (Wildman–Crippen MR) is 154 cm³/mol. The van der Waals surface area contributed by atoms with Gasteiger partial charge in [-0.1, -0.05) is 39.5 Å². The van der Waals surface area contributed by atoms with Crippen LogP contribution in [0, 0.1) is 0 Å². The van der Waals surface area contributed by atoms with Crippen molar-refractivity contribution in [1.29, 1.82) is 0 Å². The van der Waals surface area contributed by atoms with Crippen LogP contribution in [0.1, 0.15) is 57.4 Å². The van der Waals surface area contributed by atoms with Crippen LogP contribution in [0.2, 0.25) is 0 Å². The Morgan fingerprint density at radius 2 is 1.58 bits per heavy atom. The number of rotatable bonds is 3. The summed E-state index contributed by atoms with van der Waals surface area (Å²) in [6, 6.07) is 15.6. The molecule has 1 heterocycles. The van der Waals surface area contributed by atoms with Gasteiger partial charge in [-0.25, -0.2) is 9.57 Å². The molecule has 0 saturated heterocycles. The van der Waals surface area contributed by atoms with Crippen molar-refractivity contribution in [2.45, 2.75) is 46.1 Å². The van der Waals surface area contributed by atoms with Crippen molar-refractivity contribution in [2.24, 2.45) is 4.99 Å². The van der Waals surface area contributed by atoms with Gasteiger partial charge < -0.3 is 9.64 Å². The van der Waals surface area contributed by atoms with Crippen LogP contribution in [0.4, 0.5) is 5.69 Å². The Balaban J connectivity index is 0.00000304. The summed E-state index contributed by atoms with van der Waals surface area (Å²) < 4.78 is 8.07. The van der Waals surface area contributed by atoms with E-state index in [0.717, 1.165) is 11.5 Å². The molecule has 2 aromatic rings. The first kappa shape index (κ1) is 25.7. The van der Waals surface area contributed by atoms with Crippen molar-refractivity contribution < 1.29 is 9.31 Å². The third kappa shape index (κ3) is 4.23. The van der Waals surface area contributed by atoms with E-state index in [1.54, 1.807) is 0 Å². The second kappa shape index (κ2) is 8.92. The molecule has 1 aliphatic heterocycles. The van der Waals surface area contributed by atoms with E-state index < -0.39 is 0 Å². The number of benzene rings is 2. The number of fused-ring (bicyclic) bond motifs is 2. The highest BCUT2D eigenvalue weighted by Gasteiger charge is 2.38. The first-order chi connectivity index (χ1) is 16.5. The van der Waals surface area contributed by atoms with Gasteiger partial charge in [0.25, 0.3) is 0 Å². The number of allylic oxidation sites excluding steroid dienone is 5. The van der Waals surface area contributed by atoms with Gasteiger partial charge in [-0.05, 0) is 77.6 Å². The maximum absolute atomic E-state index is 5.88. The van der Waals surface area contributed by atoms with Crippen LogP contribution >= 0.6 is 0 Å². The van der Waals surface area contributed by atoms with E-state index in [9.17, 15) is 0 Å². The van der Waals surface area contributed by atoms with Crippen molar-refractivity contribution in [3.63, 3.8) is 0 Å². The van der Waals surface area contributed by atoms with Crippen LogP contribution in [0.3, 0.4) is 0 Å². The molecule has 0 aromatic heterocycles. The zero-order chi connectivity index (χ0) is 25.1. The highest BCUT2D eigenvalue weighted by molar-refractivity contribution is 6.07. The van der Waals surface area contributed by atoms with Crippen molar-refractivity contribution in [3.05, 3.63) is 94.1 Å². The molecular formula is C32H40N3O+. The fourth-order valence-corrected chi connectivity index (χ4v) is 5.20. The van der Waals surface area contributed by atoms with Gasteiger partial charge in [0, 0.05) is 42.9 Å². The molecule has 2 aromatic carbocycles. The number of hydrogen-bond acceptors (Lipinski definition) is 3. The molecule has 36 heavy (non-hydrogen) atoms. The summed E-state index contributed by atoms with van der Waals surface area (Å²) in [5, 5.41) is 0. The fourth-order valence-electron chi connectivity index (χ4n) is 5.20. The molecule has 2 aliphatic carbocycles. The van der Waals surface area contributed by atoms with Crippen molar-refractivity contribution in [2.75, 3.05) is 39.7 Å². The molecule has 4 heteroatoms. The molecule has 0 fully saturated rings. The lowest BCUT2D eigenvalue weighted by molar-refractivity contribution is -0.462. The molecule has 188 valence electrons. The third-order valence-electron chi connectivity index (χ3n) is 7.31. The Kier molecular flexibility index (Phi) is 6.36. The quantitative estimate of drug-likeness (QED) is 0.484. The molecule has 0 saturated carbocycles. The van der Waals surface area contributed by atoms with Crippen LogP contribution in [-0.2, 0) is 10.2 Å². The molecule has 0 bridgehead atoms. The van der Waals surface area contributed by atoms with Crippen LogP contribution in [0.15, 0.2) is 76.8 Å². The van der Waals surface area contributed by atoms with Crippen LogP contribution in [0.25, 0.3) is 5.57 Å². The first-order valence-corrected chi connectivity index (χ1v) is 12.3. The summed E-state index contributed by atoms with van der Waals surface area (Å²) in [6.45, 7) is 9.53. The number of anilines is 1. The average molecular weight is 483 g/mol. The van der Waals surface area contributed by atoms with Crippen molar-refractivity contribution in [3.8, 4) is 0 Å². The van der Waals surface area contributed by atoms with E-state index in [1.165, 1.54) is 44.8 Å². The van der Waals surface area contributed by atoms with Gasteiger partial charge in [0.15, 0.2) is 5.71 Å². The molecule has 5 rings (SSSR count). The van der Waals surface area contributed by atoms with E-state index in [0.29, 0.717) is 6.61 Å². The number of nitrogens with zero attached hydrogens (tertiary/aromatic N) is 3. The van der Waals surface area contributed by atoms with Crippen LogP contribution in [0.5, 0.6) is 0 Å². The second-order valence-electron chi connectivity index (χ2n) is 11.3. The minimum Gasteiger partial charge on any atom is -0.475 e. The third-order valence-corrected chi connectivity index (χ3v) is 7.31. The maximum Gasteiger partial charge on any atom is 0.216 e. The minimum absolute atomic E-state index is 0. The molecule has 0 amide bonds. The highest BCUT2D eigenvalue weighted by atomic mass is 16.5. The lowest BCUT2D eigenvalue weighted by atomic mass is 9.64. The van der Waals surface area contributed by atoms with Crippen LogP contribution < -0.4 is 4.90 Å². The monoisotopic (exact) mass is 482 g/mol. The zero-order valence-electron chi connectivity index (χ0n) is 22.2. The summed E-state index contributed by atoms with van der Waals surface area (Å²) in [6.07, 6.45) is 6.88. The number of aliphatic imine (C=N–C) groups is 1. The Labute approximate surface area is 217 Å². The van der Waals surface area contributed by atoms with Crippen molar-refractivity contribution in [1.82, 2.24) is 0 Å². The minimum atomic E-state index is -0.163. The van der Waals surface area contributed by atoms with Crippen LogP contribution in [-0.4, -0.2) is 56.5 Å². The van der Waals surface area contributed by atoms with Gasteiger partial charge in [-0.15, -0.1) is 0 Å². The van der Waals surface area contributed by atoms with E-state index in [-0.39, 0.29) is 18.4 Å². The molecule has 0 spiro atoms. The Hall–Kier alpha value is -3.40. The second-order valence-corrected chi connectivity index (χ2v) is 11.3. The normalized spacial score (nSPS) is 18.9. The van der Waals surface area contributed by atoms with Gasteiger partial charge >= 0.3 is 0 Å². The smallest absolute Gasteiger partial charge is 0.216 e. The summed E-state index contributed by atoms with van der Waals surface area (Å²) in [5.41, 5.74) is 11.0. The molecule has 3 aliphatic rings. The van der Waals surface area contributed by atoms with Gasteiger partial charge in [0.1, 0.15) is 20.7 Å². The van der Waals surface area contributed by atoms with Gasteiger partial charge in [0.05, 0.1) is 5.54 Å². The predicted octanol–water partition coefficient (Wildman–Crippen LogP) is 6.25. The Morgan fingerprint density at radius 3 is 2.17 bits per heavy atom. The summed E-state index contributed by atoms with van der Waals surface area (Å²) >= 11 is 0.